The Morgan fingerprint density at radius 2 is 1.26 bits per heavy atom. The van der Waals surface area contributed by atoms with Crippen LogP contribution in [0.1, 0.15) is 31.0 Å². The van der Waals surface area contributed by atoms with Gasteiger partial charge in [-0.05, 0) is 37.1 Å². The lowest BCUT2D eigenvalue weighted by Crippen LogP contribution is -2.49. The third-order valence-corrected chi connectivity index (χ3v) is 7.92. The Bertz CT molecular complexity index is 1120. The van der Waals surface area contributed by atoms with Crippen LogP contribution in [0.15, 0.2) is 83.8 Å². The predicted molar refractivity (Wildman–Crippen MR) is 134 cm³/mol. The maximum Gasteiger partial charge on any atom is 0.243 e. The van der Waals surface area contributed by atoms with Gasteiger partial charge in [0.15, 0.2) is 11.5 Å². The third-order valence-electron chi connectivity index (χ3n) is 6.02. The van der Waals surface area contributed by atoms with Crippen LogP contribution < -0.4 is 9.47 Å². The van der Waals surface area contributed by atoms with Crippen LogP contribution in [0.5, 0.6) is 11.5 Å². The van der Waals surface area contributed by atoms with E-state index in [0.717, 1.165) is 0 Å². The van der Waals surface area contributed by atoms with E-state index in [1.165, 1.54) is 11.1 Å². The first kappa shape index (κ1) is 24.3. The van der Waals surface area contributed by atoms with Crippen molar-refractivity contribution in [1.29, 1.82) is 0 Å². The minimum absolute atomic E-state index is 0.0855. The van der Waals surface area contributed by atoms with Crippen molar-refractivity contribution >= 4 is 10.0 Å². The van der Waals surface area contributed by atoms with Crippen LogP contribution in [0.2, 0.25) is 0 Å². The summed E-state index contributed by atoms with van der Waals surface area (Å²) >= 11 is 0. The van der Waals surface area contributed by atoms with E-state index in [4.69, 9.17) is 9.47 Å². The molecule has 0 spiro atoms. The van der Waals surface area contributed by atoms with Crippen molar-refractivity contribution in [3.63, 3.8) is 0 Å². The van der Waals surface area contributed by atoms with Crippen molar-refractivity contribution in [1.82, 2.24) is 9.21 Å². The van der Waals surface area contributed by atoms with Crippen molar-refractivity contribution in [2.45, 2.75) is 24.8 Å². The molecule has 1 heterocycles. The second-order valence-electron chi connectivity index (χ2n) is 8.14. The number of benzene rings is 3. The Hall–Kier alpha value is -2.87. The lowest BCUT2D eigenvalue weighted by molar-refractivity contribution is 0.156. The highest BCUT2D eigenvalue weighted by molar-refractivity contribution is 7.89. The summed E-state index contributed by atoms with van der Waals surface area (Å²) in [6, 6.07) is 25.7. The average Bonchev–Trinajstić information content (AvgIpc) is 2.87. The summed E-state index contributed by atoms with van der Waals surface area (Å²) in [7, 11) is -3.64. The molecule has 0 radical (unpaired) electrons. The fourth-order valence-electron chi connectivity index (χ4n) is 4.43. The number of nitrogens with zero attached hydrogens (tertiary/aromatic N) is 2. The molecule has 0 bridgehead atoms. The number of sulfonamides is 1. The molecule has 1 fully saturated rings. The van der Waals surface area contributed by atoms with Crippen LogP contribution in [-0.4, -0.2) is 57.0 Å². The summed E-state index contributed by atoms with van der Waals surface area (Å²) in [6.07, 6.45) is 0. The minimum Gasteiger partial charge on any atom is -0.490 e. The van der Waals surface area contributed by atoms with Gasteiger partial charge >= 0.3 is 0 Å². The Balaban J connectivity index is 1.54. The molecule has 1 saturated heterocycles. The molecule has 6 nitrogen and oxygen atoms in total. The molecule has 0 atom stereocenters. The summed E-state index contributed by atoms with van der Waals surface area (Å²) in [5, 5.41) is 0. The summed E-state index contributed by atoms with van der Waals surface area (Å²) in [5.41, 5.74) is 2.41. The fourth-order valence-corrected chi connectivity index (χ4v) is 5.87. The first-order valence-corrected chi connectivity index (χ1v) is 13.2. The predicted octanol–water partition coefficient (Wildman–Crippen LogP) is 4.58. The van der Waals surface area contributed by atoms with Crippen molar-refractivity contribution in [3.8, 4) is 11.5 Å². The number of hydrogen-bond acceptors (Lipinski definition) is 5. The van der Waals surface area contributed by atoms with E-state index in [1.807, 2.05) is 50.2 Å². The fraction of sp³-hybridized carbons (Fsp3) is 0.333. The molecular weight excluding hydrogens is 448 g/mol. The van der Waals surface area contributed by atoms with Crippen molar-refractivity contribution in [2.75, 3.05) is 39.4 Å². The van der Waals surface area contributed by atoms with Crippen molar-refractivity contribution in [3.05, 3.63) is 90.0 Å². The zero-order valence-electron chi connectivity index (χ0n) is 19.8. The number of hydrogen-bond donors (Lipinski definition) is 0. The highest BCUT2D eigenvalue weighted by atomic mass is 32.2. The van der Waals surface area contributed by atoms with Gasteiger partial charge in [0.2, 0.25) is 10.0 Å². The zero-order valence-corrected chi connectivity index (χ0v) is 20.6. The molecule has 1 aliphatic rings. The molecular formula is C27H32N2O4S. The molecule has 3 aromatic carbocycles. The molecule has 0 saturated carbocycles. The third kappa shape index (κ3) is 5.27. The summed E-state index contributed by atoms with van der Waals surface area (Å²) in [5.74, 6) is 1.01. The lowest BCUT2D eigenvalue weighted by Gasteiger charge is -2.39. The largest absolute Gasteiger partial charge is 0.490 e. The van der Waals surface area contributed by atoms with Gasteiger partial charge < -0.3 is 9.47 Å². The highest BCUT2D eigenvalue weighted by Gasteiger charge is 2.32. The van der Waals surface area contributed by atoms with Gasteiger partial charge in [0.05, 0.1) is 24.2 Å². The van der Waals surface area contributed by atoms with Gasteiger partial charge in [-0.15, -0.1) is 0 Å². The standard InChI is InChI=1S/C27H32N2O4S/c1-3-32-25-16-15-24(21-26(25)33-4-2)34(30,31)29-19-17-28(18-20-29)27(22-11-7-5-8-12-22)23-13-9-6-10-14-23/h5-16,21,27H,3-4,17-20H2,1-2H3. The summed E-state index contributed by atoms with van der Waals surface area (Å²) in [6.45, 7) is 6.81. The Morgan fingerprint density at radius 1 is 0.735 bits per heavy atom. The van der Waals surface area contributed by atoms with Gasteiger partial charge in [0, 0.05) is 32.2 Å². The maximum atomic E-state index is 13.4. The van der Waals surface area contributed by atoms with Gasteiger partial charge in [-0.1, -0.05) is 60.7 Å². The molecule has 0 amide bonds. The molecule has 4 rings (SSSR count). The monoisotopic (exact) mass is 480 g/mol. The van der Waals surface area contributed by atoms with Crippen molar-refractivity contribution < 1.29 is 17.9 Å². The molecule has 0 N–H and O–H groups in total. The zero-order chi connectivity index (χ0) is 24.0. The van der Waals surface area contributed by atoms with E-state index in [1.54, 1.807) is 22.5 Å². The quantitative estimate of drug-likeness (QED) is 0.449. The van der Waals surface area contributed by atoms with Gasteiger partial charge in [0.1, 0.15) is 0 Å². The molecule has 0 aromatic heterocycles. The molecule has 7 heteroatoms. The molecule has 34 heavy (non-hydrogen) atoms. The van der Waals surface area contributed by atoms with Gasteiger partial charge in [-0.25, -0.2) is 8.42 Å². The van der Waals surface area contributed by atoms with E-state index >= 15 is 0 Å². The lowest BCUT2D eigenvalue weighted by atomic mass is 9.96. The second kappa shape index (κ2) is 11.0. The maximum absolute atomic E-state index is 13.4. The van der Waals surface area contributed by atoms with Gasteiger partial charge in [-0.3, -0.25) is 4.90 Å². The van der Waals surface area contributed by atoms with Crippen LogP contribution >= 0.6 is 0 Å². The molecule has 0 unspecified atom stereocenters. The normalized spacial score (nSPS) is 15.4. The SMILES string of the molecule is CCOc1ccc(S(=O)(=O)N2CCN(C(c3ccccc3)c3ccccc3)CC2)cc1OCC. The first-order valence-electron chi connectivity index (χ1n) is 11.8. The molecule has 1 aliphatic heterocycles. The topological polar surface area (TPSA) is 59.1 Å². The van der Waals surface area contributed by atoms with Crippen LogP contribution in [0.3, 0.4) is 0 Å². The van der Waals surface area contributed by atoms with Gasteiger partial charge in [-0.2, -0.15) is 4.31 Å². The molecule has 0 aliphatic carbocycles. The Labute approximate surface area is 202 Å². The van der Waals surface area contributed by atoms with E-state index < -0.39 is 10.0 Å². The minimum atomic E-state index is -3.64. The molecule has 3 aromatic rings. The van der Waals surface area contributed by atoms with Crippen LogP contribution in [0, 0.1) is 0 Å². The smallest absolute Gasteiger partial charge is 0.243 e. The average molecular weight is 481 g/mol. The number of rotatable bonds is 9. The van der Waals surface area contributed by atoms with E-state index in [9.17, 15) is 8.42 Å². The van der Waals surface area contributed by atoms with Gasteiger partial charge in [0.25, 0.3) is 0 Å². The first-order chi connectivity index (χ1) is 16.5. The van der Waals surface area contributed by atoms with E-state index in [-0.39, 0.29) is 10.9 Å². The Kier molecular flexibility index (Phi) is 7.88. The Morgan fingerprint density at radius 3 is 1.79 bits per heavy atom. The van der Waals surface area contributed by atoms with E-state index in [0.29, 0.717) is 50.9 Å². The number of ether oxygens (including phenoxy) is 2. The number of piperazine rings is 1. The summed E-state index contributed by atoms with van der Waals surface area (Å²) < 4.78 is 39.7. The van der Waals surface area contributed by atoms with E-state index in [2.05, 4.69) is 29.2 Å². The summed E-state index contributed by atoms with van der Waals surface area (Å²) in [4.78, 5) is 2.59. The van der Waals surface area contributed by atoms with Crippen LogP contribution in [0.25, 0.3) is 0 Å². The van der Waals surface area contributed by atoms with Crippen molar-refractivity contribution in [2.24, 2.45) is 0 Å². The van der Waals surface area contributed by atoms with Crippen LogP contribution in [0.4, 0.5) is 0 Å². The second-order valence-corrected chi connectivity index (χ2v) is 10.1. The molecule has 180 valence electrons. The highest BCUT2D eigenvalue weighted by Crippen LogP contribution is 2.33. The van der Waals surface area contributed by atoms with Crippen LogP contribution in [-0.2, 0) is 10.0 Å².